The summed E-state index contributed by atoms with van der Waals surface area (Å²) in [6, 6.07) is 0. The van der Waals surface area contributed by atoms with E-state index >= 15 is 0 Å². The summed E-state index contributed by atoms with van der Waals surface area (Å²) in [5.74, 6) is -0.741. The number of hydrogen-bond donors (Lipinski definition) is 1. The maximum atomic E-state index is 12.6. The first-order valence-corrected chi connectivity index (χ1v) is 10.0. The molecule has 1 N–H and O–H groups in total. The van der Waals surface area contributed by atoms with Crippen molar-refractivity contribution >= 4 is 17.7 Å². The summed E-state index contributed by atoms with van der Waals surface area (Å²) in [4.78, 5) is 42.5. The molecule has 0 aromatic heterocycles. The summed E-state index contributed by atoms with van der Waals surface area (Å²) < 4.78 is 4.97. The molecule has 0 spiro atoms. The smallest absolute Gasteiger partial charge is 0.333 e. The number of hydroxylamine groups is 2. The molecular weight excluding hydrogens is 360 g/mol. The van der Waals surface area contributed by atoms with Crippen molar-refractivity contribution in [1.82, 2.24) is 10.4 Å². The van der Waals surface area contributed by atoms with E-state index in [9.17, 15) is 14.4 Å². The number of nitrogens with zero attached hydrogens (tertiary/aromatic N) is 1. The molecule has 1 aliphatic heterocycles. The summed E-state index contributed by atoms with van der Waals surface area (Å²) >= 11 is 0. The molecule has 0 aromatic carbocycles. The number of esters is 1. The third-order valence-corrected chi connectivity index (χ3v) is 6.02. The quantitative estimate of drug-likeness (QED) is 0.366. The molecule has 1 saturated heterocycles. The van der Waals surface area contributed by atoms with Gasteiger partial charge in [-0.2, -0.15) is 5.06 Å². The van der Waals surface area contributed by atoms with Crippen LogP contribution in [0.25, 0.3) is 0 Å². The normalized spacial score (nSPS) is 29.2. The van der Waals surface area contributed by atoms with Crippen LogP contribution in [0, 0.1) is 5.92 Å². The van der Waals surface area contributed by atoms with Gasteiger partial charge >= 0.3 is 5.97 Å². The van der Waals surface area contributed by atoms with E-state index in [0.717, 1.165) is 12.8 Å². The van der Waals surface area contributed by atoms with Crippen LogP contribution in [0.5, 0.6) is 0 Å². The molecule has 1 rings (SSSR count). The van der Waals surface area contributed by atoms with Crippen LogP contribution in [0.2, 0.25) is 0 Å². The third-order valence-electron chi connectivity index (χ3n) is 6.02. The Kier molecular flexibility index (Phi) is 8.38. The van der Waals surface area contributed by atoms with Gasteiger partial charge in [0.15, 0.2) is 6.10 Å². The average molecular weight is 397 g/mol. The Morgan fingerprint density at radius 1 is 1.32 bits per heavy atom. The fraction of sp³-hybridized carbons (Fsp3) is 0.762. The van der Waals surface area contributed by atoms with Crippen molar-refractivity contribution in [3.63, 3.8) is 0 Å². The summed E-state index contributed by atoms with van der Waals surface area (Å²) in [5.41, 5.74) is -0.652. The van der Waals surface area contributed by atoms with Crippen molar-refractivity contribution < 1.29 is 24.0 Å². The molecule has 1 heterocycles. The van der Waals surface area contributed by atoms with Gasteiger partial charge in [-0.3, -0.25) is 14.4 Å². The monoisotopic (exact) mass is 396 g/mol. The number of nitrogens with one attached hydrogen (secondary N) is 1. The van der Waals surface area contributed by atoms with Gasteiger partial charge in [-0.05, 0) is 40.5 Å². The molecule has 0 bridgehead atoms. The van der Waals surface area contributed by atoms with E-state index in [-0.39, 0.29) is 30.8 Å². The van der Waals surface area contributed by atoms with Gasteiger partial charge in [-0.25, -0.2) is 4.79 Å². The predicted octanol–water partition coefficient (Wildman–Crippen LogP) is 2.79. The molecule has 1 amide bonds. The zero-order valence-electron chi connectivity index (χ0n) is 18.4. The topological polar surface area (TPSA) is 84.9 Å². The molecular formula is C21H36N2O5. The maximum Gasteiger partial charge on any atom is 0.333 e. The minimum atomic E-state index is -0.742. The Labute approximate surface area is 168 Å². The molecule has 4 unspecified atom stereocenters. The van der Waals surface area contributed by atoms with Gasteiger partial charge in [-0.1, -0.05) is 27.4 Å². The zero-order chi connectivity index (χ0) is 21.7. The Hall–Kier alpha value is -1.73. The summed E-state index contributed by atoms with van der Waals surface area (Å²) in [6.07, 6.45) is 1.10. The molecule has 28 heavy (non-hydrogen) atoms. The summed E-state index contributed by atoms with van der Waals surface area (Å²) in [6.45, 7) is 17.0. The van der Waals surface area contributed by atoms with Gasteiger partial charge in [-0.15, -0.1) is 0 Å². The number of carbonyl (C=O) groups is 3. The number of Topliss-reactive ketones (excluding diaryl/α,β-unsaturated/α-hetero) is 1. The van der Waals surface area contributed by atoms with Crippen LogP contribution in [-0.4, -0.2) is 53.1 Å². The minimum absolute atomic E-state index is 0.0682. The van der Waals surface area contributed by atoms with E-state index in [0.29, 0.717) is 12.0 Å². The highest BCUT2D eigenvalue weighted by atomic mass is 16.7. The lowest BCUT2D eigenvalue weighted by Crippen LogP contribution is -2.67. The van der Waals surface area contributed by atoms with Crippen LogP contribution in [0.15, 0.2) is 12.2 Å². The molecule has 7 heteroatoms. The van der Waals surface area contributed by atoms with Crippen molar-refractivity contribution in [2.75, 3.05) is 13.2 Å². The minimum Gasteiger partial charge on any atom is -0.460 e. The first-order chi connectivity index (χ1) is 12.9. The lowest BCUT2D eigenvalue weighted by atomic mass is 9.70. The van der Waals surface area contributed by atoms with Crippen molar-refractivity contribution in [1.29, 1.82) is 0 Å². The van der Waals surface area contributed by atoms with Crippen LogP contribution in [-0.2, 0) is 24.0 Å². The van der Waals surface area contributed by atoms with Crippen LogP contribution in [0.3, 0.4) is 0 Å². The number of amides is 1. The van der Waals surface area contributed by atoms with E-state index in [1.165, 1.54) is 0 Å². The first-order valence-electron chi connectivity index (χ1n) is 10.0. The molecule has 1 fully saturated rings. The number of ketones is 1. The lowest BCUT2D eigenvalue weighted by molar-refractivity contribution is -0.308. The molecule has 0 aliphatic carbocycles. The fourth-order valence-corrected chi connectivity index (χ4v) is 3.50. The number of hydrogen-bond acceptors (Lipinski definition) is 6. The van der Waals surface area contributed by atoms with Crippen molar-refractivity contribution in [3.8, 4) is 0 Å². The molecule has 160 valence electrons. The molecule has 0 radical (unpaired) electrons. The molecule has 4 atom stereocenters. The second kappa shape index (κ2) is 9.65. The van der Waals surface area contributed by atoms with Crippen LogP contribution >= 0.6 is 0 Å². The van der Waals surface area contributed by atoms with Crippen molar-refractivity contribution in [2.45, 2.75) is 84.9 Å². The van der Waals surface area contributed by atoms with Crippen LogP contribution < -0.4 is 5.32 Å². The van der Waals surface area contributed by atoms with E-state index in [1.807, 2.05) is 39.7 Å². The Morgan fingerprint density at radius 3 is 2.43 bits per heavy atom. The number of carbonyl (C=O) groups excluding carboxylic acids is 3. The number of piperidine rings is 1. The number of rotatable bonds is 9. The highest BCUT2D eigenvalue weighted by Crippen LogP contribution is 2.44. The average Bonchev–Trinajstić information content (AvgIpc) is 2.66. The summed E-state index contributed by atoms with van der Waals surface area (Å²) in [7, 11) is 0. The second-order valence-corrected chi connectivity index (χ2v) is 8.18. The second-order valence-electron chi connectivity index (χ2n) is 8.18. The van der Waals surface area contributed by atoms with Crippen molar-refractivity contribution in [2.24, 2.45) is 5.92 Å². The van der Waals surface area contributed by atoms with E-state index in [2.05, 4.69) is 11.9 Å². The molecule has 0 aromatic rings. The number of ether oxygens (including phenoxy) is 1. The molecule has 7 nitrogen and oxygen atoms in total. The van der Waals surface area contributed by atoms with Gasteiger partial charge in [0.2, 0.25) is 0 Å². The molecule has 0 saturated carbocycles. The van der Waals surface area contributed by atoms with E-state index in [4.69, 9.17) is 9.57 Å². The Balaban J connectivity index is 2.78. The largest absolute Gasteiger partial charge is 0.460 e. The SMILES string of the molecule is C=C(C)C(=O)OCCNC(=O)C(C)ON1C(C)(CC)CC(=O)C(C)C1(C)CC. The maximum absolute atomic E-state index is 12.6. The first kappa shape index (κ1) is 24.3. The lowest BCUT2D eigenvalue weighted by Gasteiger charge is -2.56. The van der Waals surface area contributed by atoms with E-state index in [1.54, 1.807) is 13.8 Å². The highest BCUT2D eigenvalue weighted by Gasteiger charge is 2.54. The van der Waals surface area contributed by atoms with Gasteiger partial charge in [0.05, 0.1) is 17.6 Å². The Bertz CT molecular complexity index is 620. The van der Waals surface area contributed by atoms with Crippen molar-refractivity contribution in [3.05, 3.63) is 12.2 Å². The highest BCUT2D eigenvalue weighted by molar-refractivity contribution is 5.87. The standard InChI is InChI=1S/C21H36N2O5/c1-9-20(7)13-17(24)15(5)21(8,10-2)23(20)28-16(6)18(25)22-11-12-27-19(26)14(3)4/h15-16H,3,9-13H2,1-2,4-8H3,(H,22,25). The predicted molar refractivity (Wildman–Crippen MR) is 107 cm³/mol. The fourth-order valence-electron chi connectivity index (χ4n) is 3.50. The van der Waals surface area contributed by atoms with Gasteiger partial charge in [0.1, 0.15) is 12.4 Å². The molecule has 1 aliphatic rings. The van der Waals surface area contributed by atoms with Gasteiger partial charge in [0.25, 0.3) is 5.91 Å². The van der Waals surface area contributed by atoms with Crippen LogP contribution in [0.1, 0.15) is 67.7 Å². The van der Waals surface area contributed by atoms with Crippen LogP contribution in [0.4, 0.5) is 0 Å². The Morgan fingerprint density at radius 2 is 1.93 bits per heavy atom. The van der Waals surface area contributed by atoms with Gasteiger partial charge < -0.3 is 10.1 Å². The summed E-state index contributed by atoms with van der Waals surface area (Å²) in [5, 5.41) is 4.60. The third kappa shape index (κ3) is 5.20. The van der Waals surface area contributed by atoms with E-state index < -0.39 is 23.2 Å². The van der Waals surface area contributed by atoms with Gasteiger partial charge in [0, 0.05) is 17.9 Å². The zero-order valence-corrected chi connectivity index (χ0v) is 18.4.